The van der Waals surface area contributed by atoms with Gasteiger partial charge in [-0.1, -0.05) is 11.6 Å². The number of carbonyl (C=O) groups excluding carboxylic acids is 1. The van der Waals surface area contributed by atoms with Crippen molar-refractivity contribution in [1.29, 1.82) is 0 Å². The molecule has 0 heterocycles. The first kappa shape index (κ1) is 10.8. The van der Waals surface area contributed by atoms with Crippen LogP contribution in [0.5, 0.6) is 5.75 Å². The number of alkyl halides is 1. The van der Waals surface area contributed by atoms with Gasteiger partial charge in [-0.05, 0) is 24.1 Å². The summed E-state index contributed by atoms with van der Waals surface area (Å²) in [5.74, 6) is 1.20. The van der Waals surface area contributed by atoms with Crippen LogP contribution in [0.25, 0.3) is 0 Å². The minimum Gasteiger partial charge on any atom is -0.491 e. The molecule has 0 unspecified atom stereocenters. The second-order valence-electron chi connectivity index (χ2n) is 3.40. The maximum absolute atomic E-state index is 11.4. The van der Waals surface area contributed by atoms with Gasteiger partial charge in [0.15, 0.2) is 5.78 Å². The molecule has 0 radical (unpaired) electrons. The lowest BCUT2D eigenvalue weighted by Gasteiger charge is -2.08. The molecule has 1 aromatic rings. The Labute approximate surface area is 98.1 Å². The van der Waals surface area contributed by atoms with Crippen molar-refractivity contribution in [2.45, 2.75) is 12.8 Å². The lowest BCUT2D eigenvalue weighted by atomic mass is 10.1. The number of ether oxygens (including phenoxy) is 1. The number of benzene rings is 1. The molecule has 0 amide bonds. The van der Waals surface area contributed by atoms with Gasteiger partial charge in [0.1, 0.15) is 12.4 Å². The van der Waals surface area contributed by atoms with E-state index in [1.807, 2.05) is 6.07 Å². The zero-order valence-electron chi connectivity index (χ0n) is 8.06. The summed E-state index contributed by atoms with van der Waals surface area (Å²) in [6.07, 6.45) is 1.35. The van der Waals surface area contributed by atoms with Crippen LogP contribution in [0.4, 0.5) is 0 Å². The van der Waals surface area contributed by atoms with Crippen LogP contribution in [0, 0.1) is 0 Å². The first-order chi connectivity index (χ1) is 7.22. The fourth-order valence-electron chi connectivity index (χ4n) is 1.70. The topological polar surface area (TPSA) is 26.3 Å². The van der Waals surface area contributed by atoms with Gasteiger partial charge in [0.2, 0.25) is 0 Å². The molecule has 0 atom stereocenters. The van der Waals surface area contributed by atoms with Gasteiger partial charge < -0.3 is 4.74 Å². The molecule has 0 aliphatic heterocycles. The van der Waals surface area contributed by atoms with Gasteiger partial charge in [0.25, 0.3) is 0 Å². The van der Waals surface area contributed by atoms with Gasteiger partial charge in [0.05, 0.1) is 10.9 Å². The molecule has 1 aliphatic carbocycles. The standard InChI is InChI=1S/C11H10Cl2O2/c12-3-4-15-11-5-7-1-2-10(14)8(7)6-9(11)13/h5-6H,1-4H2. The second-order valence-corrected chi connectivity index (χ2v) is 4.19. The first-order valence-corrected chi connectivity index (χ1v) is 5.68. The van der Waals surface area contributed by atoms with Gasteiger partial charge in [-0.15, -0.1) is 11.6 Å². The van der Waals surface area contributed by atoms with Crippen LogP contribution in [-0.2, 0) is 6.42 Å². The molecule has 0 N–H and O–H groups in total. The van der Waals surface area contributed by atoms with Crippen molar-refractivity contribution in [1.82, 2.24) is 0 Å². The molecule has 0 fully saturated rings. The molecule has 15 heavy (non-hydrogen) atoms. The third-order valence-corrected chi connectivity index (χ3v) is 2.86. The van der Waals surface area contributed by atoms with E-state index < -0.39 is 0 Å². The molecule has 2 nitrogen and oxygen atoms in total. The highest BCUT2D eigenvalue weighted by molar-refractivity contribution is 6.32. The van der Waals surface area contributed by atoms with E-state index in [0.29, 0.717) is 29.7 Å². The Bertz CT molecular complexity index is 402. The van der Waals surface area contributed by atoms with Crippen molar-refractivity contribution >= 4 is 29.0 Å². The summed E-state index contributed by atoms with van der Waals surface area (Å²) in [5, 5.41) is 0.481. The Morgan fingerprint density at radius 2 is 2.13 bits per heavy atom. The SMILES string of the molecule is O=C1CCc2cc(OCCCl)c(Cl)cc21. The molecule has 4 heteroatoms. The summed E-state index contributed by atoms with van der Waals surface area (Å²) >= 11 is 11.5. The van der Waals surface area contributed by atoms with Crippen LogP contribution in [0.2, 0.25) is 5.02 Å². The molecular formula is C11H10Cl2O2. The number of carbonyl (C=O) groups is 1. The third-order valence-electron chi connectivity index (χ3n) is 2.41. The van der Waals surface area contributed by atoms with E-state index in [4.69, 9.17) is 27.9 Å². The maximum atomic E-state index is 11.4. The van der Waals surface area contributed by atoms with Crippen molar-refractivity contribution in [2.24, 2.45) is 0 Å². The van der Waals surface area contributed by atoms with Crippen LogP contribution in [0.15, 0.2) is 12.1 Å². The number of ketones is 1. The molecule has 2 rings (SSSR count). The molecule has 0 saturated heterocycles. The Morgan fingerprint density at radius 1 is 1.33 bits per heavy atom. The highest BCUT2D eigenvalue weighted by Crippen LogP contribution is 2.32. The Morgan fingerprint density at radius 3 is 2.87 bits per heavy atom. The number of hydrogen-bond acceptors (Lipinski definition) is 2. The molecule has 80 valence electrons. The van der Waals surface area contributed by atoms with Gasteiger partial charge in [-0.25, -0.2) is 0 Å². The molecule has 0 bridgehead atoms. The average molecular weight is 245 g/mol. The average Bonchev–Trinajstić information content (AvgIpc) is 2.57. The number of fused-ring (bicyclic) bond motifs is 1. The fourth-order valence-corrected chi connectivity index (χ4v) is 2.00. The van der Waals surface area contributed by atoms with Gasteiger partial charge in [0, 0.05) is 12.0 Å². The van der Waals surface area contributed by atoms with Gasteiger partial charge in [-0.2, -0.15) is 0 Å². The number of Topliss-reactive ketones (excluding diaryl/α,β-unsaturated/α-hetero) is 1. The molecule has 0 saturated carbocycles. The lowest BCUT2D eigenvalue weighted by molar-refractivity contribution is 0.0994. The van der Waals surface area contributed by atoms with Crippen molar-refractivity contribution in [3.05, 3.63) is 28.3 Å². The van der Waals surface area contributed by atoms with Gasteiger partial charge in [-0.3, -0.25) is 4.79 Å². The quantitative estimate of drug-likeness (QED) is 0.765. The van der Waals surface area contributed by atoms with E-state index in [2.05, 4.69) is 0 Å². The van der Waals surface area contributed by atoms with Crippen LogP contribution in [0.1, 0.15) is 22.3 Å². The van der Waals surface area contributed by atoms with E-state index in [-0.39, 0.29) is 5.78 Å². The fraction of sp³-hybridized carbons (Fsp3) is 0.364. The molecular weight excluding hydrogens is 235 g/mol. The summed E-state index contributed by atoms with van der Waals surface area (Å²) in [6.45, 7) is 0.425. The number of halogens is 2. The van der Waals surface area contributed by atoms with Crippen LogP contribution < -0.4 is 4.74 Å². The van der Waals surface area contributed by atoms with E-state index >= 15 is 0 Å². The monoisotopic (exact) mass is 244 g/mol. The summed E-state index contributed by atoms with van der Waals surface area (Å²) in [6, 6.07) is 3.53. The van der Waals surface area contributed by atoms with Crippen molar-refractivity contribution in [3.63, 3.8) is 0 Å². The van der Waals surface area contributed by atoms with Crippen LogP contribution in [0.3, 0.4) is 0 Å². The van der Waals surface area contributed by atoms with Crippen molar-refractivity contribution in [3.8, 4) is 5.75 Å². The Kier molecular flexibility index (Phi) is 3.17. The number of aryl methyl sites for hydroxylation is 1. The van der Waals surface area contributed by atoms with Crippen LogP contribution >= 0.6 is 23.2 Å². The largest absolute Gasteiger partial charge is 0.491 e. The normalized spacial score (nSPS) is 14.1. The highest BCUT2D eigenvalue weighted by Gasteiger charge is 2.21. The highest BCUT2D eigenvalue weighted by atomic mass is 35.5. The number of hydrogen-bond donors (Lipinski definition) is 0. The maximum Gasteiger partial charge on any atom is 0.163 e. The Balaban J connectivity index is 2.31. The first-order valence-electron chi connectivity index (χ1n) is 4.76. The molecule has 1 aromatic carbocycles. The smallest absolute Gasteiger partial charge is 0.163 e. The van der Waals surface area contributed by atoms with Crippen molar-refractivity contribution < 1.29 is 9.53 Å². The molecule has 0 aromatic heterocycles. The molecule has 1 aliphatic rings. The predicted octanol–water partition coefficient (Wildman–Crippen LogP) is 3.09. The molecule has 0 spiro atoms. The summed E-state index contributed by atoms with van der Waals surface area (Å²) in [7, 11) is 0. The summed E-state index contributed by atoms with van der Waals surface area (Å²) in [4.78, 5) is 11.4. The minimum atomic E-state index is 0.163. The van der Waals surface area contributed by atoms with Crippen LogP contribution in [-0.4, -0.2) is 18.3 Å². The predicted molar refractivity (Wildman–Crippen MR) is 60.3 cm³/mol. The zero-order valence-corrected chi connectivity index (χ0v) is 9.57. The zero-order chi connectivity index (χ0) is 10.8. The van der Waals surface area contributed by atoms with E-state index in [1.54, 1.807) is 6.07 Å². The van der Waals surface area contributed by atoms with E-state index in [0.717, 1.165) is 17.5 Å². The second kappa shape index (κ2) is 4.42. The van der Waals surface area contributed by atoms with E-state index in [1.165, 1.54) is 0 Å². The summed E-state index contributed by atoms with van der Waals surface area (Å²) < 4.78 is 5.37. The lowest BCUT2D eigenvalue weighted by Crippen LogP contribution is -2.00. The van der Waals surface area contributed by atoms with E-state index in [9.17, 15) is 4.79 Å². The Hall–Kier alpha value is -0.730. The third kappa shape index (κ3) is 2.11. The number of rotatable bonds is 3. The summed E-state index contributed by atoms with van der Waals surface area (Å²) in [5.41, 5.74) is 1.76. The minimum absolute atomic E-state index is 0.163. The van der Waals surface area contributed by atoms with Gasteiger partial charge >= 0.3 is 0 Å². The van der Waals surface area contributed by atoms with Crippen molar-refractivity contribution in [2.75, 3.05) is 12.5 Å².